The minimum Gasteiger partial charge on any atom is -0.376 e. The van der Waals surface area contributed by atoms with E-state index in [1.165, 1.54) is 0 Å². The number of nitrogens with zero attached hydrogens (tertiary/aromatic N) is 1. The minimum atomic E-state index is -0.217. The fourth-order valence-electron chi connectivity index (χ4n) is 2.86. The number of hydrogen-bond donors (Lipinski definition) is 2. The van der Waals surface area contributed by atoms with Crippen LogP contribution < -0.4 is 15.5 Å². The molecule has 29 heavy (non-hydrogen) atoms. The zero-order valence-corrected chi connectivity index (χ0v) is 17.0. The maximum atomic E-state index is 12.8. The van der Waals surface area contributed by atoms with Gasteiger partial charge in [-0.1, -0.05) is 41.9 Å². The molecule has 0 fully saturated rings. The Kier molecular flexibility index (Phi) is 6.52. The van der Waals surface area contributed by atoms with Crippen molar-refractivity contribution in [1.82, 2.24) is 0 Å². The number of benzene rings is 3. The van der Waals surface area contributed by atoms with Crippen LogP contribution in [0, 0.1) is 6.92 Å². The number of halogens is 1. The second-order valence-electron chi connectivity index (χ2n) is 6.64. The number of carbonyl (C=O) groups excluding carboxylic acids is 2. The van der Waals surface area contributed by atoms with E-state index in [1.54, 1.807) is 48.3 Å². The molecule has 0 atom stereocenters. The molecule has 0 aliphatic carbocycles. The molecular weight excluding hydrogens is 386 g/mol. The van der Waals surface area contributed by atoms with Gasteiger partial charge in [0.1, 0.15) is 0 Å². The van der Waals surface area contributed by atoms with E-state index in [1.807, 2.05) is 43.3 Å². The molecule has 0 saturated heterocycles. The van der Waals surface area contributed by atoms with Crippen molar-refractivity contribution < 1.29 is 9.59 Å². The first-order valence-electron chi connectivity index (χ1n) is 9.17. The van der Waals surface area contributed by atoms with Gasteiger partial charge in [-0.3, -0.25) is 9.59 Å². The predicted molar refractivity (Wildman–Crippen MR) is 119 cm³/mol. The summed E-state index contributed by atoms with van der Waals surface area (Å²) in [4.78, 5) is 26.6. The van der Waals surface area contributed by atoms with Crippen LogP contribution in [0.25, 0.3) is 0 Å². The first-order chi connectivity index (χ1) is 13.9. The Labute approximate surface area is 175 Å². The van der Waals surface area contributed by atoms with E-state index in [-0.39, 0.29) is 18.4 Å². The molecule has 6 heteroatoms. The highest BCUT2D eigenvalue weighted by Gasteiger charge is 2.14. The number of carbonyl (C=O) groups is 2. The highest BCUT2D eigenvalue weighted by Crippen LogP contribution is 2.20. The van der Waals surface area contributed by atoms with Crippen LogP contribution in [0.1, 0.15) is 15.9 Å². The fraction of sp³-hybridized carbons (Fsp3) is 0.130. The summed E-state index contributed by atoms with van der Waals surface area (Å²) in [5.41, 5.74) is 3.66. The molecule has 0 bridgehead atoms. The van der Waals surface area contributed by atoms with E-state index in [2.05, 4.69) is 10.6 Å². The van der Waals surface area contributed by atoms with Gasteiger partial charge in [-0.15, -0.1) is 0 Å². The van der Waals surface area contributed by atoms with E-state index in [9.17, 15) is 9.59 Å². The van der Waals surface area contributed by atoms with Gasteiger partial charge in [0.25, 0.3) is 5.91 Å². The zero-order valence-electron chi connectivity index (χ0n) is 16.3. The molecule has 2 N–H and O–H groups in total. The Morgan fingerprint density at radius 1 is 0.966 bits per heavy atom. The maximum Gasteiger partial charge on any atom is 0.258 e. The van der Waals surface area contributed by atoms with Crippen LogP contribution in [0.5, 0.6) is 0 Å². The van der Waals surface area contributed by atoms with Crippen molar-refractivity contribution in [1.29, 1.82) is 0 Å². The second-order valence-corrected chi connectivity index (χ2v) is 7.08. The first kappa shape index (κ1) is 20.4. The molecule has 0 heterocycles. The standard InChI is InChI=1S/C23H22ClN3O2/c1-16-11-12-18(24)14-21(16)25-15-22(28)26-19-8-6-7-17(13-19)23(29)27(2)20-9-4-3-5-10-20/h3-14,25H,15H2,1-2H3,(H,26,28). The topological polar surface area (TPSA) is 61.4 Å². The first-order valence-corrected chi connectivity index (χ1v) is 9.55. The Balaban J connectivity index is 1.64. The summed E-state index contributed by atoms with van der Waals surface area (Å²) in [6.07, 6.45) is 0. The third-order valence-corrected chi connectivity index (χ3v) is 4.72. The molecule has 0 unspecified atom stereocenters. The van der Waals surface area contributed by atoms with Gasteiger partial charge in [0, 0.05) is 34.7 Å². The van der Waals surface area contributed by atoms with Gasteiger partial charge in [0.2, 0.25) is 5.91 Å². The highest BCUT2D eigenvalue weighted by atomic mass is 35.5. The lowest BCUT2D eigenvalue weighted by atomic mass is 10.1. The third kappa shape index (κ3) is 5.36. The largest absolute Gasteiger partial charge is 0.376 e. The van der Waals surface area contributed by atoms with Gasteiger partial charge >= 0.3 is 0 Å². The highest BCUT2D eigenvalue weighted by molar-refractivity contribution is 6.30. The minimum absolute atomic E-state index is 0.0866. The number of amides is 2. The van der Waals surface area contributed by atoms with Crippen molar-refractivity contribution >= 4 is 40.5 Å². The average molecular weight is 408 g/mol. The average Bonchev–Trinajstić information content (AvgIpc) is 2.74. The van der Waals surface area contributed by atoms with Crippen LogP contribution in [0.2, 0.25) is 5.02 Å². The van der Waals surface area contributed by atoms with Gasteiger partial charge in [-0.25, -0.2) is 0 Å². The summed E-state index contributed by atoms with van der Waals surface area (Å²) in [6, 6.07) is 21.8. The SMILES string of the molecule is Cc1ccc(Cl)cc1NCC(=O)Nc1cccc(C(=O)N(C)c2ccccc2)c1. The molecular formula is C23H22ClN3O2. The molecule has 0 radical (unpaired) electrons. The van der Waals surface area contributed by atoms with Crippen molar-refractivity contribution in [2.24, 2.45) is 0 Å². The number of aryl methyl sites for hydroxylation is 1. The molecule has 0 saturated carbocycles. The number of para-hydroxylation sites is 1. The van der Waals surface area contributed by atoms with Crippen LogP contribution in [0.4, 0.5) is 17.1 Å². The van der Waals surface area contributed by atoms with E-state index < -0.39 is 0 Å². The van der Waals surface area contributed by atoms with Gasteiger partial charge < -0.3 is 15.5 Å². The summed E-state index contributed by atoms with van der Waals surface area (Å²) >= 11 is 6.00. The Morgan fingerprint density at radius 2 is 1.72 bits per heavy atom. The van der Waals surface area contributed by atoms with E-state index in [0.29, 0.717) is 16.3 Å². The Morgan fingerprint density at radius 3 is 2.48 bits per heavy atom. The number of nitrogens with one attached hydrogen (secondary N) is 2. The van der Waals surface area contributed by atoms with Gasteiger partial charge in [0.15, 0.2) is 0 Å². The van der Waals surface area contributed by atoms with Crippen LogP contribution in [-0.2, 0) is 4.79 Å². The Hall–Kier alpha value is -3.31. The molecule has 5 nitrogen and oxygen atoms in total. The lowest BCUT2D eigenvalue weighted by Crippen LogP contribution is -2.26. The van der Waals surface area contributed by atoms with Crippen LogP contribution in [-0.4, -0.2) is 25.4 Å². The molecule has 0 aliphatic rings. The summed E-state index contributed by atoms with van der Waals surface area (Å²) in [5.74, 6) is -0.370. The van der Waals surface area contributed by atoms with Gasteiger partial charge in [-0.2, -0.15) is 0 Å². The molecule has 3 aromatic rings. The summed E-state index contributed by atoms with van der Waals surface area (Å²) < 4.78 is 0. The lowest BCUT2D eigenvalue weighted by Gasteiger charge is -2.18. The van der Waals surface area contributed by atoms with Crippen molar-refractivity contribution in [3.63, 3.8) is 0 Å². The maximum absolute atomic E-state index is 12.8. The van der Waals surface area contributed by atoms with Crippen LogP contribution >= 0.6 is 11.6 Å². The lowest BCUT2D eigenvalue weighted by molar-refractivity contribution is -0.114. The van der Waals surface area contributed by atoms with E-state index >= 15 is 0 Å². The van der Waals surface area contributed by atoms with Gasteiger partial charge in [-0.05, 0) is 55.0 Å². The molecule has 148 valence electrons. The molecule has 2 amide bonds. The molecule has 0 aromatic heterocycles. The molecule has 3 rings (SSSR count). The van der Waals surface area contributed by atoms with Crippen molar-refractivity contribution in [3.05, 3.63) is 88.9 Å². The van der Waals surface area contributed by atoms with Crippen molar-refractivity contribution in [2.45, 2.75) is 6.92 Å². The number of rotatable bonds is 6. The number of hydrogen-bond acceptors (Lipinski definition) is 3. The normalized spacial score (nSPS) is 10.3. The van der Waals surface area contributed by atoms with Gasteiger partial charge in [0.05, 0.1) is 6.54 Å². The molecule has 0 spiro atoms. The smallest absolute Gasteiger partial charge is 0.258 e. The summed E-state index contributed by atoms with van der Waals surface area (Å²) in [5, 5.41) is 6.50. The summed E-state index contributed by atoms with van der Waals surface area (Å²) in [6.45, 7) is 2.03. The van der Waals surface area contributed by atoms with Crippen LogP contribution in [0.15, 0.2) is 72.8 Å². The van der Waals surface area contributed by atoms with Crippen molar-refractivity contribution in [3.8, 4) is 0 Å². The van der Waals surface area contributed by atoms with E-state index in [0.717, 1.165) is 16.9 Å². The Bertz CT molecular complexity index is 1020. The fourth-order valence-corrected chi connectivity index (χ4v) is 3.03. The number of anilines is 3. The summed E-state index contributed by atoms with van der Waals surface area (Å²) in [7, 11) is 1.72. The quantitative estimate of drug-likeness (QED) is 0.606. The monoisotopic (exact) mass is 407 g/mol. The van der Waals surface area contributed by atoms with E-state index in [4.69, 9.17) is 11.6 Å². The van der Waals surface area contributed by atoms with Crippen molar-refractivity contribution in [2.75, 3.05) is 29.1 Å². The van der Waals surface area contributed by atoms with Crippen LogP contribution in [0.3, 0.4) is 0 Å². The second kappa shape index (κ2) is 9.26. The molecule has 0 aliphatic heterocycles. The molecule has 3 aromatic carbocycles. The predicted octanol–water partition coefficient (Wildman–Crippen LogP) is 4.98. The third-order valence-electron chi connectivity index (χ3n) is 4.48. The zero-order chi connectivity index (χ0) is 20.8.